The van der Waals surface area contributed by atoms with Gasteiger partial charge in [-0.1, -0.05) is 11.3 Å². The molecule has 0 aliphatic heterocycles. The summed E-state index contributed by atoms with van der Waals surface area (Å²) < 4.78 is 5.35. The fourth-order valence-electron chi connectivity index (χ4n) is 1.12. The smallest absolute Gasteiger partial charge is 0.347 e. The molecule has 0 spiro atoms. The van der Waals surface area contributed by atoms with Crippen molar-refractivity contribution in [2.24, 2.45) is 0 Å². The topological polar surface area (TPSA) is 71.5 Å². The summed E-state index contributed by atoms with van der Waals surface area (Å²) in [6, 6.07) is 0. The normalized spacial score (nSPS) is 10.8. The van der Waals surface area contributed by atoms with Crippen LogP contribution in [-0.4, -0.2) is 35.3 Å². The van der Waals surface area contributed by atoms with Crippen LogP contribution in [0.2, 0.25) is 0 Å². The maximum absolute atomic E-state index is 10.8. The van der Waals surface area contributed by atoms with Crippen LogP contribution in [0.3, 0.4) is 0 Å². The van der Waals surface area contributed by atoms with Gasteiger partial charge in [0.25, 0.3) is 0 Å². The molecule has 0 aliphatic carbocycles. The zero-order chi connectivity index (χ0) is 12.1. The van der Waals surface area contributed by atoms with Gasteiger partial charge in [0.2, 0.25) is 0 Å². The number of thiazole rings is 1. The first-order valence-electron chi connectivity index (χ1n) is 5.07. The van der Waals surface area contributed by atoms with Crippen LogP contribution in [0.5, 0.6) is 0 Å². The molecule has 0 aromatic carbocycles. The number of hydrogen-bond donors (Lipinski definition) is 2. The Morgan fingerprint density at radius 1 is 1.62 bits per heavy atom. The Morgan fingerprint density at radius 2 is 2.31 bits per heavy atom. The van der Waals surface area contributed by atoms with Gasteiger partial charge in [-0.15, -0.1) is 0 Å². The standard InChI is InChI=1S/C10H16N2O3S/c1-6(2)15-5-4-11-10-12-7(3)8(16-10)9(13)14/h6H,4-5H2,1-3H3,(H,11,12)(H,13,14). The van der Waals surface area contributed by atoms with Crippen LogP contribution < -0.4 is 5.32 Å². The number of aromatic nitrogens is 1. The fourth-order valence-corrected chi connectivity index (χ4v) is 1.95. The van der Waals surface area contributed by atoms with E-state index >= 15 is 0 Å². The predicted molar refractivity (Wildman–Crippen MR) is 63.4 cm³/mol. The number of hydrogen-bond acceptors (Lipinski definition) is 5. The highest BCUT2D eigenvalue weighted by Crippen LogP contribution is 2.21. The van der Waals surface area contributed by atoms with Gasteiger partial charge >= 0.3 is 5.97 Å². The van der Waals surface area contributed by atoms with Crippen molar-refractivity contribution in [1.29, 1.82) is 0 Å². The van der Waals surface area contributed by atoms with Crippen molar-refractivity contribution >= 4 is 22.4 Å². The number of ether oxygens (including phenoxy) is 1. The second-order valence-electron chi connectivity index (χ2n) is 3.59. The molecule has 1 rings (SSSR count). The molecule has 0 radical (unpaired) electrons. The molecule has 2 N–H and O–H groups in total. The first kappa shape index (κ1) is 12.9. The van der Waals surface area contributed by atoms with Crippen LogP contribution >= 0.6 is 11.3 Å². The molecular weight excluding hydrogens is 228 g/mol. The zero-order valence-electron chi connectivity index (χ0n) is 9.61. The van der Waals surface area contributed by atoms with Crippen LogP contribution in [0.1, 0.15) is 29.2 Å². The molecule has 0 saturated heterocycles. The molecule has 6 heteroatoms. The minimum atomic E-state index is -0.929. The maximum atomic E-state index is 10.8. The van der Waals surface area contributed by atoms with E-state index in [4.69, 9.17) is 9.84 Å². The third-order valence-electron chi connectivity index (χ3n) is 1.82. The van der Waals surface area contributed by atoms with Crippen molar-refractivity contribution in [2.75, 3.05) is 18.5 Å². The van der Waals surface area contributed by atoms with Crippen LogP contribution in [0.4, 0.5) is 5.13 Å². The van der Waals surface area contributed by atoms with E-state index in [1.54, 1.807) is 6.92 Å². The summed E-state index contributed by atoms with van der Waals surface area (Å²) in [4.78, 5) is 15.2. The van der Waals surface area contributed by atoms with Crippen LogP contribution in [-0.2, 0) is 4.74 Å². The summed E-state index contributed by atoms with van der Waals surface area (Å²) in [6.07, 6.45) is 0.203. The van der Waals surface area contributed by atoms with Crippen molar-refractivity contribution in [1.82, 2.24) is 4.98 Å². The molecule has 1 aromatic heterocycles. The maximum Gasteiger partial charge on any atom is 0.347 e. The van der Waals surface area contributed by atoms with Crippen LogP contribution in [0.15, 0.2) is 0 Å². The lowest BCUT2D eigenvalue weighted by Crippen LogP contribution is -2.12. The van der Waals surface area contributed by atoms with Gasteiger partial charge in [-0.25, -0.2) is 9.78 Å². The van der Waals surface area contributed by atoms with Crippen molar-refractivity contribution in [2.45, 2.75) is 26.9 Å². The zero-order valence-corrected chi connectivity index (χ0v) is 10.4. The molecule has 0 atom stereocenters. The third kappa shape index (κ3) is 3.79. The van der Waals surface area contributed by atoms with Gasteiger partial charge in [0.15, 0.2) is 5.13 Å². The van der Waals surface area contributed by atoms with E-state index < -0.39 is 5.97 Å². The van der Waals surface area contributed by atoms with Gasteiger partial charge in [-0.2, -0.15) is 0 Å². The Kier molecular flexibility index (Phi) is 4.70. The van der Waals surface area contributed by atoms with E-state index in [0.717, 1.165) is 11.3 Å². The van der Waals surface area contributed by atoms with Gasteiger partial charge in [-0.3, -0.25) is 0 Å². The van der Waals surface area contributed by atoms with E-state index in [1.807, 2.05) is 13.8 Å². The Balaban J connectivity index is 2.43. The van der Waals surface area contributed by atoms with E-state index in [2.05, 4.69) is 10.3 Å². The van der Waals surface area contributed by atoms with Crippen molar-refractivity contribution < 1.29 is 14.6 Å². The summed E-state index contributed by atoms with van der Waals surface area (Å²) in [5, 5.41) is 12.5. The van der Waals surface area contributed by atoms with Crippen LogP contribution in [0, 0.1) is 6.92 Å². The molecule has 0 amide bonds. The van der Waals surface area contributed by atoms with Gasteiger partial charge in [0, 0.05) is 6.54 Å². The van der Waals surface area contributed by atoms with E-state index in [1.165, 1.54) is 0 Å². The summed E-state index contributed by atoms with van der Waals surface area (Å²) in [5.41, 5.74) is 0.546. The van der Waals surface area contributed by atoms with E-state index in [9.17, 15) is 4.79 Å². The molecule has 0 fully saturated rings. The Hall–Kier alpha value is -1.14. The lowest BCUT2D eigenvalue weighted by atomic mass is 10.4. The minimum absolute atomic E-state index is 0.203. The van der Waals surface area contributed by atoms with Gasteiger partial charge < -0.3 is 15.2 Å². The number of anilines is 1. The number of rotatable bonds is 6. The first-order chi connectivity index (χ1) is 7.50. The molecule has 16 heavy (non-hydrogen) atoms. The van der Waals surface area contributed by atoms with E-state index in [-0.39, 0.29) is 11.0 Å². The number of aryl methyl sites for hydroxylation is 1. The molecule has 0 aliphatic rings. The molecular formula is C10H16N2O3S. The molecule has 0 unspecified atom stereocenters. The lowest BCUT2D eigenvalue weighted by molar-refractivity contribution is 0.0701. The lowest BCUT2D eigenvalue weighted by Gasteiger charge is -2.07. The number of carbonyl (C=O) groups is 1. The summed E-state index contributed by atoms with van der Waals surface area (Å²) in [7, 11) is 0. The monoisotopic (exact) mass is 244 g/mol. The molecule has 90 valence electrons. The van der Waals surface area contributed by atoms with E-state index in [0.29, 0.717) is 24.0 Å². The van der Waals surface area contributed by atoms with Gasteiger partial charge in [0.05, 0.1) is 18.4 Å². The average molecular weight is 244 g/mol. The summed E-state index contributed by atoms with van der Waals surface area (Å²) >= 11 is 1.15. The highest BCUT2D eigenvalue weighted by Gasteiger charge is 2.13. The molecule has 5 nitrogen and oxygen atoms in total. The number of aromatic carboxylic acids is 1. The van der Waals surface area contributed by atoms with Gasteiger partial charge in [-0.05, 0) is 20.8 Å². The van der Waals surface area contributed by atoms with Crippen LogP contribution in [0.25, 0.3) is 0 Å². The van der Waals surface area contributed by atoms with Crippen molar-refractivity contribution in [3.05, 3.63) is 10.6 Å². The molecule has 1 aromatic rings. The quantitative estimate of drug-likeness (QED) is 0.749. The second-order valence-corrected chi connectivity index (χ2v) is 4.58. The Morgan fingerprint density at radius 3 is 2.81 bits per heavy atom. The van der Waals surface area contributed by atoms with Crippen molar-refractivity contribution in [3.63, 3.8) is 0 Å². The number of nitrogens with one attached hydrogen (secondary N) is 1. The summed E-state index contributed by atoms with van der Waals surface area (Å²) in [5.74, 6) is -0.929. The number of carboxylic acids is 1. The average Bonchev–Trinajstić information content (AvgIpc) is 2.54. The molecule has 1 heterocycles. The fraction of sp³-hybridized carbons (Fsp3) is 0.600. The largest absolute Gasteiger partial charge is 0.477 e. The minimum Gasteiger partial charge on any atom is -0.477 e. The predicted octanol–water partition coefficient (Wildman–Crippen LogP) is 1.99. The number of carboxylic acid groups (broad SMARTS) is 1. The highest BCUT2D eigenvalue weighted by atomic mass is 32.1. The number of nitrogens with zero attached hydrogens (tertiary/aromatic N) is 1. The summed E-state index contributed by atoms with van der Waals surface area (Å²) in [6.45, 7) is 6.84. The second kappa shape index (κ2) is 5.81. The Bertz CT molecular complexity index is 363. The SMILES string of the molecule is Cc1nc(NCCOC(C)C)sc1C(=O)O. The molecule has 0 bridgehead atoms. The highest BCUT2D eigenvalue weighted by molar-refractivity contribution is 7.17. The van der Waals surface area contributed by atoms with Crippen molar-refractivity contribution in [3.8, 4) is 0 Å². The van der Waals surface area contributed by atoms with Gasteiger partial charge in [0.1, 0.15) is 4.88 Å². The Labute approximate surface area is 98.5 Å². The third-order valence-corrected chi connectivity index (χ3v) is 2.92. The molecule has 0 saturated carbocycles. The first-order valence-corrected chi connectivity index (χ1v) is 5.88.